The third-order valence-electron chi connectivity index (χ3n) is 3.46. The molecule has 5 nitrogen and oxygen atoms in total. The van der Waals surface area contributed by atoms with Gasteiger partial charge in [0.25, 0.3) is 5.56 Å². The molecule has 1 aromatic rings. The van der Waals surface area contributed by atoms with Crippen LogP contribution in [0.3, 0.4) is 0 Å². The number of hydrogen-bond donors (Lipinski definition) is 1. The lowest BCUT2D eigenvalue weighted by Gasteiger charge is -2.24. The van der Waals surface area contributed by atoms with Gasteiger partial charge in [-0.05, 0) is 28.8 Å². The predicted octanol–water partition coefficient (Wildman–Crippen LogP) is 2.40. The number of aromatic nitrogens is 2. The lowest BCUT2D eigenvalue weighted by Crippen LogP contribution is -2.28. The topological polar surface area (TPSA) is 56.1 Å². The molecule has 0 unspecified atom stereocenters. The molecule has 0 aliphatic heterocycles. The fourth-order valence-corrected chi connectivity index (χ4v) is 2.79. The van der Waals surface area contributed by atoms with Crippen LogP contribution in [0.5, 0.6) is 0 Å². The molecule has 1 heterocycles. The number of methoxy groups -OCH3 is 1. The summed E-state index contributed by atoms with van der Waals surface area (Å²) in [5, 5.41) is 7.59. The Morgan fingerprint density at radius 2 is 2.21 bits per heavy atom. The first-order valence-electron chi connectivity index (χ1n) is 6.73. The Morgan fingerprint density at radius 3 is 2.89 bits per heavy atom. The van der Waals surface area contributed by atoms with Gasteiger partial charge in [0, 0.05) is 13.2 Å². The van der Waals surface area contributed by atoms with E-state index in [-0.39, 0.29) is 5.56 Å². The molecule has 1 aliphatic rings. The van der Waals surface area contributed by atoms with E-state index in [9.17, 15) is 4.79 Å². The maximum atomic E-state index is 12.1. The average Bonchev–Trinajstić information content (AvgIpc) is 2.44. The second kappa shape index (κ2) is 7.05. The first-order valence-corrected chi connectivity index (χ1v) is 7.52. The summed E-state index contributed by atoms with van der Waals surface area (Å²) in [5.41, 5.74) is 0.684. The molecule has 0 radical (unpaired) electrons. The van der Waals surface area contributed by atoms with Crippen LogP contribution in [-0.4, -0.2) is 29.5 Å². The Bertz CT molecular complexity index is 469. The van der Waals surface area contributed by atoms with E-state index in [4.69, 9.17) is 4.74 Å². The fourth-order valence-electron chi connectivity index (χ4n) is 2.37. The highest BCUT2D eigenvalue weighted by molar-refractivity contribution is 9.10. The SMILES string of the molecule is COCCn1ncc(NC2CCCCC2)c(Br)c1=O. The maximum Gasteiger partial charge on any atom is 0.283 e. The molecule has 1 fully saturated rings. The molecule has 0 atom stereocenters. The monoisotopic (exact) mass is 329 g/mol. The van der Waals surface area contributed by atoms with Gasteiger partial charge in [-0.1, -0.05) is 19.3 Å². The van der Waals surface area contributed by atoms with Gasteiger partial charge in [0.2, 0.25) is 0 Å². The Kier molecular flexibility index (Phi) is 5.39. The molecule has 0 aromatic carbocycles. The summed E-state index contributed by atoms with van der Waals surface area (Å²) >= 11 is 3.37. The summed E-state index contributed by atoms with van der Waals surface area (Å²) in [5.74, 6) is 0. The largest absolute Gasteiger partial charge is 0.383 e. The number of nitrogens with zero attached hydrogens (tertiary/aromatic N) is 2. The van der Waals surface area contributed by atoms with E-state index in [0.29, 0.717) is 23.7 Å². The minimum atomic E-state index is -0.113. The summed E-state index contributed by atoms with van der Waals surface area (Å²) in [4.78, 5) is 12.1. The highest BCUT2D eigenvalue weighted by Crippen LogP contribution is 2.24. The van der Waals surface area contributed by atoms with Crippen LogP contribution < -0.4 is 10.9 Å². The molecule has 1 saturated carbocycles. The van der Waals surface area contributed by atoms with Gasteiger partial charge < -0.3 is 10.1 Å². The van der Waals surface area contributed by atoms with Crippen molar-refractivity contribution in [1.29, 1.82) is 0 Å². The molecule has 0 spiro atoms. The van der Waals surface area contributed by atoms with Crippen molar-refractivity contribution < 1.29 is 4.74 Å². The lowest BCUT2D eigenvalue weighted by atomic mass is 9.95. The molecule has 106 valence electrons. The average molecular weight is 330 g/mol. The molecule has 6 heteroatoms. The number of hydrogen-bond acceptors (Lipinski definition) is 4. The van der Waals surface area contributed by atoms with Crippen LogP contribution in [0.15, 0.2) is 15.5 Å². The summed E-state index contributed by atoms with van der Waals surface area (Å²) in [6.45, 7) is 0.951. The van der Waals surface area contributed by atoms with Crippen LogP contribution >= 0.6 is 15.9 Å². The molecule has 0 bridgehead atoms. The number of rotatable bonds is 5. The van der Waals surface area contributed by atoms with Crippen molar-refractivity contribution in [3.63, 3.8) is 0 Å². The molecular formula is C13H20BrN3O2. The van der Waals surface area contributed by atoms with Gasteiger partial charge in [0.1, 0.15) is 4.47 Å². The van der Waals surface area contributed by atoms with Gasteiger partial charge >= 0.3 is 0 Å². The Morgan fingerprint density at radius 1 is 1.47 bits per heavy atom. The molecular weight excluding hydrogens is 310 g/mol. The third kappa shape index (κ3) is 3.79. The predicted molar refractivity (Wildman–Crippen MR) is 78.6 cm³/mol. The zero-order chi connectivity index (χ0) is 13.7. The van der Waals surface area contributed by atoms with E-state index in [2.05, 4.69) is 26.3 Å². The van der Waals surface area contributed by atoms with E-state index >= 15 is 0 Å². The maximum absolute atomic E-state index is 12.1. The Balaban J connectivity index is 2.09. The van der Waals surface area contributed by atoms with Crippen molar-refractivity contribution in [2.24, 2.45) is 0 Å². The Labute approximate surface area is 121 Å². The summed E-state index contributed by atoms with van der Waals surface area (Å²) in [6.07, 6.45) is 7.88. The lowest BCUT2D eigenvalue weighted by molar-refractivity contribution is 0.181. The second-order valence-electron chi connectivity index (χ2n) is 4.87. The van der Waals surface area contributed by atoms with Gasteiger partial charge in [-0.25, -0.2) is 4.68 Å². The van der Waals surface area contributed by atoms with Gasteiger partial charge in [0.15, 0.2) is 0 Å². The number of nitrogens with one attached hydrogen (secondary N) is 1. The van der Waals surface area contributed by atoms with Crippen molar-refractivity contribution in [2.75, 3.05) is 19.0 Å². The van der Waals surface area contributed by atoms with Crippen molar-refractivity contribution in [3.8, 4) is 0 Å². The van der Waals surface area contributed by atoms with Crippen LogP contribution in [0, 0.1) is 0 Å². The minimum absolute atomic E-state index is 0.113. The van der Waals surface area contributed by atoms with E-state index in [1.807, 2.05) is 0 Å². The van der Waals surface area contributed by atoms with Crippen molar-refractivity contribution in [2.45, 2.75) is 44.7 Å². The van der Waals surface area contributed by atoms with Crippen LogP contribution in [0.1, 0.15) is 32.1 Å². The standard InChI is InChI=1S/C13H20BrN3O2/c1-19-8-7-17-13(18)12(14)11(9-15-17)16-10-5-3-2-4-6-10/h9-10,16H,2-8H2,1H3. The number of anilines is 1. The van der Waals surface area contributed by atoms with Crippen LogP contribution in [-0.2, 0) is 11.3 Å². The van der Waals surface area contributed by atoms with Gasteiger partial charge in [-0.15, -0.1) is 0 Å². The van der Waals surface area contributed by atoms with E-state index in [1.54, 1.807) is 13.3 Å². The first kappa shape index (κ1) is 14.5. The summed E-state index contributed by atoms with van der Waals surface area (Å²) in [7, 11) is 1.61. The normalized spacial score (nSPS) is 16.5. The molecule has 1 N–H and O–H groups in total. The van der Waals surface area contributed by atoms with Crippen LogP contribution in [0.2, 0.25) is 0 Å². The second-order valence-corrected chi connectivity index (χ2v) is 5.67. The van der Waals surface area contributed by atoms with E-state index in [0.717, 1.165) is 5.69 Å². The Hall–Kier alpha value is -0.880. The number of ether oxygens (including phenoxy) is 1. The van der Waals surface area contributed by atoms with Crippen molar-refractivity contribution in [3.05, 3.63) is 21.0 Å². The van der Waals surface area contributed by atoms with E-state index in [1.165, 1.54) is 36.8 Å². The van der Waals surface area contributed by atoms with Gasteiger partial charge in [-0.2, -0.15) is 5.10 Å². The summed E-state index contributed by atoms with van der Waals surface area (Å²) in [6, 6.07) is 0.459. The number of halogens is 1. The smallest absolute Gasteiger partial charge is 0.283 e. The molecule has 1 aromatic heterocycles. The molecule has 1 aliphatic carbocycles. The van der Waals surface area contributed by atoms with Crippen LogP contribution in [0.25, 0.3) is 0 Å². The minimum Gasteiger partial charge on any atom is -0.383 e. The van der Waals surface area contributed by atoms with E-state index < -0.39 is 0 Å². The van der Waals surface area contributed by atoms with Crippen molar-refractivity contribution >= 4 is 21.6 Å². The quantitative estimate of drug-likeness (QED) is 0.901. The van der Waals surface area contributed by atoms with Crippen molar-refractivity contribution in [1.82, 2.24) is 9.78 Å². The zero-order valence-electron chi connectivity index (χ0n) is 11.2. The molecule has 0 saturated heterocycles. The van der Waals surface area contributed by atoms with Crippen LogP contribution in [0.4, 0.5) is 5.69 Å². The summed E-state index contributed by atoms with van der Waals surface area (Å²) < 4.78 is 6.94. The molecule has 0 amide bonds. The molecule has 19 heavy (non-hydrogen) atoms. The fraction of sp³-hybridized carbons (Fsp3) is 0.692. The molecule has 2 rings (SSSR count). The van der Waals surface area contributed by atoms with Gasteiger partial charge in [0.05, 0.1) is 25.0 Å². The zero-order valence-corrected chi connectivity index (χ0v) is 12.8. The third-order valence-corrected chi connectivity index (χ3v) is 4.22. The highest BCUT2D eigenvalue weighted by Gasteiger charge is 2.16. The van der Waals surface area contributed by atoms with Gasteiger partial charge in [-0.3, -0.25) is 4.79 Å². The first-order chi connectivity index (χ1) is 9.22. The highest BCUT2D eigenvalue weighted by atomic mass is 79.9.